The van der Waals surface area contributed by atoms with Gasteiger partial charge in [-0.15, -0.1) is 0 Å². The van der Waals surface area contributed by atoms with Crippen LogP contribution in [-0.4, -0.2) is 28.5 Å². The summed E-state index contributed by atoms with van der Waals surface area (Å²) in [5, 5.41) is 0.962. The molecule has 1 rings (SSSR count). The van der Waals surface area contributed by atoms with E-state index in [2.05, 4.69) is 15.9 Å². The first-order chi connectivity index (χ1) is 6.79. The van der Waals surface area contributed by atoms with Crippen LogP contribution >= 0.6 is 15.9 Å². The van der Waals surface area contributed by atoms with Gasteiger partial charge in [0.05, 0.1) is 5.52 Å². The molecule has 0 heterocycles. The van der Waals surface area contributed by atoms with Crippen LogP contribution in [0.15, 0.2) is 30.3 Å². The lowest BCUT2D eigenvalue weighted by molar-refractivity contribution is 0.136. The number of hydrogen-bond acceptors (Lipinski definition) is 3. The van der Waals surface area contributed by atoms with Crippen LogP contribution in [0.3, 0.4) is 0 Å². The topological polar surface area (TPSA) is 27.7 Å². The first-order valence-corrected chi connectivity index (χ1v) is 6.99. The fourth-order valence-corrected chi connectivity index (χ4v) is 3.92. The minimum Gasteiger partial charge on any atom is -0.373 e. The van der Waals surface area contributed by atoms with Crippen molar-refractivity contribution in [3.05, 3.63) is 30.3 Å². The smallest absolute Gasteiger partial charge is 0.373 e. The Morgan fingerprint density at radius 2 is 1.71 bits per heavy atom. The molecule has 3 nitrogen and oxygen atoms in total. The molecule has 0 atom stereocenters. The van der Waals surface area contributed by atoms with Crippen molar-refractivity contribution in [2.75, 3.05) is 19.7 Å². The Hall–Kier alpha value is -0.203. The van der Waals surface area contributed by atoms with Crippen molar-refractivity contribution >= 4 is 29.9 Å². The van der Waals surface area contributed by atoms with E-state index in [1.807, 2.05) is 30.3 Å². The molecule has 0 aliphatic heterocycles. The lowest BCUT2D eigenvalue weighted by Gasteiger charge is -2.25. The summed E-state index contributed by atoms with van der Waals surface area (Å²) < 4.78 is 16.3. The maximum atomic E-state index is 5.53. The van der Waals surface area contributed by atoms with E-state index in [9.17, 15) is 0 Å². The van der Waals surface area contributed by atoms with Gasteiger partial charge in [0.15, 0.2) is 0 Å². The predicted octanol–water partition coefficient (Wildman–Crippen LogP) is 1.49. The highest BCUT2D eigenvalue weighted by Crippen LogP contribution is 2.09. The van der Waals surface area contributed by atoms with Gasteiger partial charge in [0.25, 0.3) is 0 Å². The number of alkyl halides is 1. The molecule has 0 saturated heterocycles. The highest BCUT2D eigenvalue weighted by Gasteiger charge is 2.41. The summed E-state index contributed by atoms with van der Waals surface area (Å²) in [6.45, 7) is 0. The van der Waals surface area contributed by atoms with Gasteiger partial charge in [0.2, 0.25) is 0 Å². The molecule has 0 amide bonds. The van der Waals surface area contributed by atoms with E-state index in [4.69, 9.17) is 13.3 Å². The van der Waals surface area contributed by atoms with Crippen molar-refractivity contribution in [2.24, 2.45) is 0 Å². The zero-order valence-electron chi connectivity index (χ0n) is 8.20. The monoisotopic (exact) mass is 276 g/mol. The van der Waals surface area contributed by atoms with E-state index in [1.165, 1.54) is 0 Å². The molecule has 1 aromatic carbocycles. The molecule has 0 aliphatic carbocycles. The second-order valence-electron chi connectivity index (χ2n) is 2.58. The van der Waals surface area contributed by atoms with Crippen molar-refractivity contribution in [2.45, 2.75) is 0 Å². The van der Waals surface area contributed by atoms with E-state index >= 15 is 0 Å². The molecule has 78 valence electrons. The summed E-state index contributed by atoms with van der Waals surface area (Å²) in [6, 6.07) is 9.71. The Morgan fingerprint density at radius 1 is 1.14 bits per heavy atom. The predicted molar refractivity (Wildman–Crippen MR) is 60.7 cm³/mol. The van der Waals surface area contributed by atoms with Gasteiger partial charge in [-0.1, -0.05) is 46.3 Å². The van der Waals surface area contributed by atoms with E-state index in [-0.39, 0.29) is 0 Å². The Morgan fingerprint density at radius 3 is 2.14 bits per heavy atom. The molecule has 0 fully saturated rings. The van der Waals surface area contributed by atoms with Crippen LogP contribution in [0.25, 0.3) is 0 Å². The summed E-state index contributed by atoms with van der Waals surface area (Å²) in [5.74, 6) is 0. The molecule has 5 heteroatoms. The van der Waals surface area contributed by atoms with Gasteiger partial charge in [0, 0.05) is 19.4 Å². The second kappa shape index (κ2) is 5.62. The molecule has 1 aromatic rings. The van der Waals surface area contributed by atoms with E-state index in [0.717, 1.165) is 5.19 Å². The van der Waals surface area contributed by atoms with Crippen molar-refractivity contribution in [3.8, 4) is 0 Å². The third kappa shape index (κ3) is 2.43. The van der Waals surface area contributed by atoms with Crippen LogP contribution in [0.5, 0.6) is 0 Å². The molecular formula is C9H13BrO3Si. The number of hydrogen-bond donors (Lipinski definition) is 0. The third-order valence-corrected chi connectivity index (χ3v) is 5.20. The maximum Gasteiger partial charge on any atom is 0.537 e. The van der Waals surface area contributed by atoms with Crippen molar-refractivity contribution < 1.29 is 13.3 Å². The first kappa shape index (κ1) is 11.9. The maximum absolute atomic E-state index is 5.53. The van der Waals surface area contributed by atoms with Gasteiger partial charge in [-0.05, 0) is 0 Å². The van der Waals surface area contributed by atoms with Crippen molar-refractivity contribution in [3.63, 3.8) is 0 Å². The second-order valence-corrected chi connectivity index (χ2v) is 5.84. The van der Waals surface area contributed by atoms with Gasteiger partial charge in [0.1, 0.15) is 0 Å². The van der Waals surface area contributed by atoms with Crippen LogP contribution in [0.4, 0.5) is 0 Å². The normalized spacial score (nSPS) is 11.6. The van der Waals surface area contributed by atoms with Crippen LogP contribution in [-0.2, 0) is 13.3 Å². The Labute approximate surface area is 93.5 Å². The summed E-state index contributed by atoms with van der Waals surface area (Å²) >= 11 is 3.22. The Bertz CT molecular complexity index is 264. The minimum absolute atomic E-state index is 0.399. The average molecular weight is 277 g/mol. The van der Waals surface area contributed by atoms with Crippen LogP contribution in [0.1, 0.15) is 0 Å². The standard InChI is InChI=1S/C9H13BrO3Si/c1-11-14(12-2,13-8-10)9-6-4-3-5-7-9/h3-7H,8H2,1-2H3. The van der Waals surface area contributed by atoms with Gasteiger partial charge in [-0.2, -0.15) is 0 Å². The molecule has 0 unspecified atom stereocenters. The zero-order valence-corrected chi connectivity index (χ0v) is 10.8. The first-order valence-electron chi connectivity index (χ1n) is 4.15. The highest BCUT2D eigenvalue weighted by molar-refractivity contribution is 9.09. The van der Waals surface area contributed by atoms with Gasteiger partial charge in [-0.25, -0.2) is 0 Å². The van der Waals surface area contributed by atoms with Gasteiger partial charge in [-0.3, -0.25) is 0 Å². The van der Waals surface area contributed by atoms with Crippen LogP contribution in [0, 0.1) is 0 Å². The number of halogens is 1. The summed E-state index contributed by atoms with van der Waals surface area (Å²) in [6.07, 6.45) is 0. The molecular weight excluding hydrogens is 264 g/mol. The lowest BCUT2D eigenvalue weighted by Crippen LogP contribution is -2.55. The SMILES string of the molecule is CO[Si](OC)(OCBr)c1ccccc1. The zero-order chi connectivity index (χ0) is 10.4. The summed E-state index contributed by atoms with van der Waals surface area (Å²) in [5.41, 5.74) is 0.399. The minimum atomic E-state index is -2.67. The van der Waals surface area contributed by atoms with Gasteiger partial charge >= 0.3 is 8.80 Å². The lowest BCUT2D eigenvalue weighted by atomic mass is 10.4. The average Bonchev–Trinajstić information content (AvgIpc) is 2.27. The number of benzene rings is 1. The van der Waals surface area contributed by atoms with E-state index in [1.54, 1.807) is 14.2 Å². The summed E-state index contributed by atoms with van der Waals surface area (Å²) in [4.78, 5) is 0. The fourth-order valence-electron chi connectivity index (χ4n) is 1.23. The third-order valence-electron chi connectivity index (χ3n) is 1.91. The van der Waals surface area contributed by atoms with Crippen molar-refractivity contribution in [1.82, 2.24) is 0 Å². The number of rotatable bonds is 5. The fraction of sp³-hybridized carbons (Fsp3) is 0.333. The molecule has 0 aromatic heterocycles. The highest BCUT2D eigenvalue weighted by atomic mass is 79.9. The van der Waals surface area contributed by atoms with E-state index in [0.29, 0.717) is 5.52 Å². The molecule has 0 saturated carbocycles. The van der Waals surface area contributed by atoms with Crippen molar-refractivity contribution in [1.29, 1.82) is 0 Å². The summed E-state index contributed by atoms with van der Waals surface area (Å²) in [7, 11) is 0.539. The van der Waals surface area contributed by atoms with Crippen LogP contribution < -0.4 is 5.19 Å². The van der Waals surface area contributed by atoms with E-state index < -0.39 is 8.80 Å². The molecule has 0 spiro atoms. The molecule has 0 bridgehead atoms. The largest absolute Gasteiger partial charge is 0.537 e. The molecule has 0 aliphatic rings. The van der Waals surface area contributed by atoms with Gasteiger partial charge < -0.3 is 13.3 Å². The quantitative estimate of drug-likeness (QED) is 0.603. The Kier molecular flexibility index (Phi) is 4.77. The molecule has 0 radical (unpaired) electrons. The van der Waals surface area contributed by atoms with Crippen LogP contribution in [0.2, 0.25) is 0 Å². The molecule has 14 heavy (non-hydrogen) atoms. The Balaban J connectivity index is 2.98. The molecule has 0 N–H and O–H groups in total.